The predicted octanol–water partition coefficient (Wildman–Crippen LogP) is 2.42. The number of hydrogen-bond acceptors (Lipinski definition) is 3. The van der Waals surface area contributed by atoms with Crippen LogP contribution in [0.3, 0.4) is 0 Å². The largest absolute Gasteiger partial charge is 0.423 e. The average Bonchev–Trinajstić information content (AvgIpc) is 2.50. The fraction of sp³-hybridized carbons (Fsp3) is 0.125. The van der Waals surface area contributed by atoms with E-state index in [2.05, 4.69) is 17.1 Å². The number of pyridine rings is 2. The molecule has 4 nitrogen and oxygen atoms in total. The zero-order chi connectivity index (χ0) is 13.9. The molecule has 100 valence electrons. The minimum Gasteiger partial charge on any atom is -0.423 e. The summed E-state index contributed by atoms with van der Waals surface area (Å²) in [6.45, 7) is 0. The summed E-state index contributed by atoms with van der Waals surface area (Å²) in [5.41, 5.74) is 1.99. The summed E-state index contributed by atoms with van der Waals surface area (Å²) in [6.07, 6.45) is 3.15. The molecule has 0 fully saturated rings. The highest BCUT2D eigenvalue weighted by Crippen LogP contribution is 2.16. The van der Waals surface area contributed by atoms with Crippen LogP contribution < -0.4 is 5.56 Å². The monoisotopic (exact) mass is 266 g/mol. The van der Waals surface area contributed by atoms with Crippen molar-refractivity contribution in [3.05, 3.63) is 76.2 Å². The Balaban J connectivity index is 2.00. The fourth-order valence-corrected chi connectivity index (χ4v) is 2.34. The summed E-state index contributed by atoms with van der Waals surface area (Å²) in [5.74, 6) is 0. The van der Waals surface area contributed by atoms with Crippen LogP contribution in [0.2, 0.25) is 0 Å². The van der Waals surface area contributed by atoms with Gasteiger partial charge < -0.3 is 5.21 Å². The predicted molar refractivity (Wildman–Crippen MR) is 77.0 cm³/mol. The highest BCUT2D eigenvalue weighted by molar-refractivity contribution is 5.78. The summed E-state index contributed by atoms with van der Waals surface area (Å²) in [5, 5.41) is 10.5. The first kappa shape index (κ1) is 12.4. The summed E-state index contributed by atoms with van der Waals surface area (Å²) < 4.78 is 0.599. The maximum Gasteiger partial charge on any atom is 0.285 e. The highest BCUT2D eigenvalue weighted by atomic mass is 16.5. The molecule has 3 rings (SSSR count). The lowest BCUT2D eigenvalue weighted by molar-refractivity contribution is 0.186. The van der Waals surface area contributed by atoms with E-state index in [9.17, 15) is 10.0 Å². The van der Waals surface area contributed by atoms with E-state index in [0.717, 1.165) is 23.8 Å². The van der Waals surface area contributed by atoms with Crippen LogP contribution in [0, 0.1) is 0 Å². The SMILES string of the molecule is O=c1cc(CCc2ccccc2)c2cccnc2n1O. The summed E-state index contributed by atoms with van der Waals surface area (Å²) in [6, 6.07) is 15.3. The first-order valence-electron chi connectivity index (χ1n) is 6.48. The van der Waals surface area contributed by atoms with E-state index in [0.29, 0.717) is 10.4 Å². The summed E-state index contributed by atoms with van der Waals surface area (Å²) in [7, 11) is 0. The molecule has 0 amide bonds. The lowest BCUT2D eigenvalue weighted by Crippen LogP contribution is -2.19. The van der Waals surface area contributed by atoms with Crippen molar-refractivity contribution >= 4 is 11.0 Å². The molecule has 0 unspecified atom stereocenters. The van der Waals surface area contributed by atoms with Crippen LogP contribution in [0.15, 0.2) is 59.5 Å². The van der Waals surface area contributed by atoms with Crippen LogP contribution in [0.5, 0.6) is 0 Å². The molecule has 4 heteroatoms. The van der Waals surface area contributed by atoms with Crippen LogP contribution in [0.25, 0.3) is 11.0 Å². The van der Waals surface area contributed by atoms with Crippen molar-refractivity contribution in [1.82, 2.24) is 9.71 Å². The van der Waals surface area contributed by atoms with Gasteiger partial charge in [0, 0.05) is 17.6 Å². The zero-order valence-corrected chi connectivity index (χ0v) is 10.9. The Hall–Kier alpha value is -2.62. The highest BCUT2D eigenvalue weighted by Gasteiger charge is 2.08. The van der Waals surface area contributed by atoms with Crippen molar-refractivity contribution in [2.75, 3.05) is 0 Å². The Morgan fingerprint density at radius 1 is 1.05 bits per heavy atom. The molecule has 0 saturated carbocycles. The van der Waals surface area contributed by atoms with Crippen LogP contribution in [0.4, 0.5) is 0 Å². The Morgan fingerprint density at radius 2 is 1.85 bits per heavy atom. The van der Waals surface area contributed by atoms with Gasteiger partial charge in [-0.2, -0.15) is 0 Å². The third kappa shape index (κ3) is 2.28. The first-order valence-corrected chi connectivity index (χ1v) is 6.48. The number of hydrogen-bond donors (Lipinski definition) is 1. The smallest absolute Gasteiger partial charge is 0.285 e. The summed E-state index contributed by atoms with van der Waals surface area (Å²) in [4.78, 5) is 15.8. The Kier molecular flexibility index (Phi) is 3.21. The Bertz CT molecular complexity index is 794. The molecule has 1 N–H and O–H groups in total. The van der Waals surface area contributed by atoms with Gasteiger partial charge in [0.2, 0.25) is 0 Å². The second kappa shape index (κ2) is 5.17. The van der Waals surface area contributed by atoms with Crippen LogP contribution >= 0.6 is 0 Å². The molecule has 2 aromatic heterocycles. The summed E-state index contributed by atoms with van der Waals surface area (Å²) >= 11 is 0. The van der Waals surface area contributed by atoms with Gasteiger partial charge in [-0.3, -0.25) is 4.79 Å². The van der Waals surface area contributed by atoms with Crippen molar-refractivity contribution < 1.29 is 5.21 Å². The maximum absolute atomic E-state index is 11.7. The van der Waals surface area contributed by atoms with Gasteiger partial charge in [-0.25, -0.2) is 4.98 Å². The maximum atomic E-state index is 11.7. The number of fused-ring (bicyclic) bond motifs is 1. The molecule has 0 radical (unpaired) electrons. The molecule has 0 saturated heterocycles. The van der Waals surface area contributed by atoms with Crippen molar-refractivity contribution in [3.8, 4) is 0 Å². The van der Waals surface area contributed by atoms with Crippen LogP contribution in [-0.2, 0) is 12.8 Å². The normalized spacial score (nSPS) is 10.8. The molecule has 0 atom stereocenters. The second-order valence-electron chi connectivity index (χ2n) is 4.68. The quantitative estimate of drug-likeness (QED) is 0.741. The van der Waals surface area contributed by atoms with Gasteiger partial charge in [-0.1, -0.05) is 30.3 Å². The topological polar surface area (TPSA) is 55.1 Å². The lowest BCUT2D eigenvalue weighted by atomic mass is 10.0. The standard InChI is InChI=1S/C16H14N2O2/c19-15-11-13(9-8-12-5-2-1-3-6-12)14-7-4-10-17-16(14)18(15)20/h1-7,10-11,20H,8-9H2. The lowest BCUT2D eigenvalue weighted by Gasteiger charge is -2.08. The molecule has 0 aliphatic carbocycles. The van der Waals surface area contributed by atoms with Gasteiger partial charge in [-0.15, -0.1) is 4.73 Å². The van der Waals surface area contributed by atoms with Crippen molar-refractivity contribution in [3.63, 3.8) is 0 Å². The van der Waals surface area contributed by atoms with Crippen LogP contribution in [-0.4, -0.2) is 14.9 Å². The van der Waals surface area contributed by atoms with Gasteiger partial charge >= 0.3 is 0 Å². The molecule has 0 aliphatic rings. The Labute approximate surface area is 115 Å². The average molecular weight is 266 g/mol. The molecule has 0 bridgehead atoms. The zero-order valence-electron chi connectivity index (χ0n) is 10.9. The van der Waals surface area contributed by atoms with Gasteiger partial charge in [0.15, 0.2) is 5.65 Å². The fourth-order valence-electron chi connectivity index (χ4n) is 2.34. The van der Waals surface area contributed by atoms with Gasteiger partial charge in [0.1, 0.15) is 0 Å². The Morgan fingerprint density at radius 3 is 2.65 bits per heavy atom. The number of rotatable bonds is 3. The first-order chi connectivity index (χ1) is 9.75. The third-order valence-electron chi connectivity index (χ3n) is 3.37. The molecule has 2 heterocycles. The van der Waals surface area contributed by atoms with Crippen molar-refractivity contribution in [2.24, 2.45) is 0 Å². The van der Waals surface area contributed by atoms with Crippen LogP contribution in [0.1, 0.15) is 11.1 Å². The van der Waals surface area contributed by atoms with Gasteiger partial charge in [0.05, 0.1) is 0 Å². The molecule has 1 aromatic carbocycles. The van der Waals surface area contributed by atoms with Gasteiger partial charge in [-0.05, 0) is 36.1 Å². The third-order valence-corrected chi connectivity index (χ3v) is 3.37. The van der Waals surface area contributed by atoms with E-state index in [1.165, 1.54) is 11.6 Å². The van der Waals surface area contributed by atoms with Gasteiger partial charge in [0.25, 0.3) is 5.56 Å². The second-order valence-corrected chi connectivity index (χ2v) is 4.68. The van der Waals surface area contributed by atoms with Crippen molar-refractivity contribution in [2.45, 2.75) is 12.8 Å². The molecular formula is C16H14N2O2. The van der Waals surface area contributed by atoms with E-state index in [-0.39, 0.29) is 0 Å². The number of aromatic nitrogens is 2. The minimum atomic E-state index is -0.445. The number of nitrogens with zero attached hydrogens (tertiary/aromatic N) is 2. The van der Waals surface area contributed by atoms with E-state index in [1.54, 1.807) is 12.3 Å². The molecule has 0 spiro atoms. The minimum absolute atomic E-state index is 0.308. The van der Waals surface area contributed by atoms with E-state index in [1.807, 2.05) is 24.3 Å². The molecule has 20 heavy (non-hydrogen) atoms. The van der Waals surface area contributed by atoms with E-state index >= 15 is 0 Å². The van der Waals surface area contributed by atoms with Crippen molar-refractivity contribution in [1.29, 1.82) is 0 Å². The molecule has 0 aliphatic heterocycles. The number of aryl methyl sites for hydroxylation is 2. The van der Waals surface area contributed by atoms with E-state index < -0.39 is 5.56 Å². The molecule has 3 aromatic rings. The number of benzene rings is 1. The molecular weight excluding hydrogens is 252 g/mol. The van der Waals surface area contributed by atoms with E-state index in [4.69, 9.17) is 0 Å².